The minimum Gasteiger partial charge on any atom is -0.409 e. The van der Waals surface area contributed by atoms with Crippen LogP contribution >= 0.6 is 0 Å². The highest BCUT2D eigenvalue weighted by Gasteiger charge is 2.53. The molecule has 8 heteroatoms. The number of rotatable bonds is 4. The van der Waals surface area contributed by atoms with Crippen LogP contribution in [-0.2, 0) is 0 Å². The van der Waals surface area contributed by atoms with Crippen molar-refractivity contribution in [3.05, 3.63) is 45.4 Å². The van der Waals surface area contributed by atoms with Crippen molar-refractivity contribution in [2.24, 2.45) is 28.2 Å². The van der Waals surface area contributed by atoms with Gasteiger partial charge in [0.2, 0.25) is 0 Å². The number of aryl methyl sites for hydroxylation is 1. The highest BCUT2D eigenvalue weighted by atomic mass is 16.6. The summed E-state index contributed by atoms with van der Waals surface area (Å²) in [6, 6.07) is 7.23. The second kappa shape index (κ2) is 6.43. The second-order valence-electron chi connectivity index (χ2n) is 9.45. The molecule has 2 aromatic rings. The van der Waals surface area contributed by atoms with Gasteiger partial charge < -0.3 is 15.3 Å². The molecule has 4 fully saturated rings. The van der Waals surface area contributed by atoms with Crippen LogP contribution in [0.5, 0.6) is 0 Å². The van der Waals surface area contributed by atoms with E-state index in [1.54, 1.807) is 6.07 Å². The van der Waals surface area contributed by atoms with E-state index in [-0.39, 0.29) is 16.9 Å². The standard InChI is InChI=1S/C21H27N5O3/c1-13-5-3-4-6-18(13)24-23-20(26(28)29)19(25(24)27)22-14(2)21-10-15-7-16(11-21)9-17(8-15)12-21/h3-6,14-17,27H,7-12H2,1-2H3. The Morgan fingerprint density at radius 1 is 1.21 bits per heavy atom. The van der Waals surface area contributed by atoms with E-state index in [4.69, 9.17) is 4.99 Å². The van der Waals surface area contributed by atoms with Crippen LogP contribution in [0.1, 0.15) is 51.0 Å². The van der Waals surface area contributed by atoms with Crippen LogP contribution in [-0.4, -0.2) is 30.9 Å². The zero-order chi connectivity index (χ0) is 20.3. The Hall–Kier alpha value is -2.64. The number of nitrogens with zero attached hydrogens (tertiary/aromatic N) is 5. The average Bonchev–Trinajstić information content (AvgIpc) is 2.98. The molecule has 1 unspecified atom stereocenters. The minimum absolute atomic E-state index is 0.0681. The Bertz CT molecular complexity index is 1000. The first kappa shape index (κ1) is 18.4. The van der Waals surface area contributed by atoms with Gasteiger partial charge in [0.1, 0.15) is 5.69 Å². The lowest BCUT2D eigenvalue weighted by Crippen LogP contribution is -2.50. The molecule has 1 aromatic heterocycles. The van der Waals surface area contributed by atoms with E-state index in [0.717, 1.165) is 47.4 Å². The fraction of sp³-hybridized carbons (Fsp3) is 0.619. The Morgan fingerprint density at radius 2 is 1.79 bits per heavy atom. The third-order valence-electron chi connectivity index (χ3n) is 7.55. The van der Waals surface area contributed by atoms with E-state index in [2.05, 4.69) is 12.0 Å². The van der Waals surface area contributed by atoms with Crippen molar-refractivity contribution in [1.29, 1.82) is 0 Å². The molecule has 0 spiro atoms. The predicted octanol–water partition coefficient (Wildman–Crippen LogP) is 3.63. The summed E-state index contributed by atoms with van der Waals surface area (Å²) in [5, 5.41) is 26.5. The van der Waals surface area contributed by atoms with E-state index >= 15 is 0 Å². The van der Waals surface area contributed by atoms with Crippen molar-refractivity contribution in [1.82, 2.24) is 14.7 Å². The molecule has 6 rings (SSSR count). The summed E-state index contributed by atoms with van der Waals surface area (Å²) in [7, 11) is 0. The van der Waals surface area contributed by atoms with Gasteiger partial charge in [0, 0.05) is 0 Å². The number of aromatic nitrogens is 3. The molecule has 1 heterocycles. The smallest absolute Gasteiger partial charge is 0.409 e. The number of nitro groups is 1. The Balaban J connectivity index is 1.59. The van der Waals surface area contributed by atoms with Gasteiger partial charge in [0.15, 0.2) is 0 Å². The number of hydrogen-bond acceptors (Lipinski definition) is 5. The van der Waals surface area contributed by atoms with Crippen LogP contribution in [0.4, 0.5) is 5.82 Å². The van der Waals surface area contributed by atoms with Gasteiger partial charge in [0.05, 0.1) is 11.1 Å². The molecular formula is C21H27N5O3. The SMILES string of the molecule is Cc1ccccc1-n1nc([N+](=O)[O-])c(=NC(C)C23CC4CC(CC(C4)C2)C3)n1O. The summed E-state index contributed by atoms with van der Waals surface area (Å²) in [6.45, 7) is 3.93. The molecule has 1 atom stereocenters. The molecule has 4 bridgehead atoms. The van der Waals surface area contributed by atoms with Gasteiger partial charge in [0.25, 0.3) is 5.49 Å². The average molecular weight is 397 g/mol. The lowest BCUT2D eigenvalue weighted by Gasteiger charge is -2.58. The molecule has 0 radical (unpaired) electrons. The van der Waals surface area contributed by atoms with E-state index < -0.39 is 10.7 Å². The second-order valence-corrected chi connectivity index (χ2v) is 9.45. The van der Waals surface area contributed by atoms with Gasteiger partial charge in [-0.25, -0.2) is 0 Å². The predicted molar refractivity (Wildman–Crippen MR) is 106 cm³/mol. The lowest BCUT2D eigenvalue weighted by atomic mass is 9.48. The fourth-order valence-corrected chi connectivity index (χ4v) is 6.54. The van der Waals surface area contributed by atoms with Crippen LogP contribution in [0, 0.1) is 40.2 Å². The van der Waals surface area contributed by atoms with Crippen LogP contribution < -0.4 is 5.49 Å². The summed E-state index contributed by atoms with van der Waals surface area (Å²) in [5.41, 5.74) is 1.47. The van der Waals surface area contributed by atoms with Crippen LogP contribution in [0.15, 0.2) is 29.3 Å². The van der Waals surface area contributed by atoms with Crippen LogP contribution in [0.3, 0.4) is 0 Å². The third kappa shape index (κ3) is 2.88. The maximum absolute atomic E-state index is 11.7. The third-order valence-corrected chi connectivity index (χ3v) is 7.55. The normalized spacial score (nSPS) is 31.9. The molecule has 8 nitrogen and oxygen atoms in total. The lowest BCUT2D eigenvalue weighted by molar-refractivity contribution is -0.391. The summed E-state index contributed by atoms with van der Waals surface area (Å²) in [6.07, 6.45) is 7.43. The maximum atomic E-state index is 11.7. The van der Waals surface area contributed by atoms with Crippen LogP contribution in [0.2, 0.25) is 0 Å². The summed E-state index contributed by atoms with van der Waals surface area (Å²) < 4.78 is 0. The largest absolute Gasteiger partial charge is 0.438 e. The van der Waals surface area contributed by atoms with Crippen molar-refractivity contribution in [3.8, 4) is 5.69 Å². The Morgan fingerprint density at radius 3 is 2.34 bits per heavy atom. The van der Waals surface area contributed by atoms with Gasteiger partial charge in [-0.05, 0) is 96.9 Å². The van der Waals surface area contributed by atoms with E-state index in [1.807, 2.05) is 25.1 Å². The van der Waals surface area contributed by atoms with E-state index in [0.29, 0.717) is 5.69 Å². The quantitative estimate of drug-likeness (QED) is 0.484. The first-order chi connectivity index (χ1) is 13.9. The van der Waals surface area contributed by atoms with Crippen molar-refractivity contribution in [2.45, 2.75) is 58.4 Å². The Labute approximate surface area is 169 Å². The molecule has 1 N–H and O–H groups in total. The van der Waals surface area contributed by atoms with Gasteiger partial charge in [-0.2, -0.15) is 0 Å². The molecular weight excluding hydrogens is 370 g/mol. The maximum Gasteiger partial charge on any atom is 0.438 e. The number of para-hydroxylation sites is 1. The number of hydrogen-bond donors (Lipinski definition) is 1. The number of benzene rings is 1. The fourth-order valence-electron chi connectivity index (χ4n) is 6.54. The van der Waals surface area contributed by atoms with Crippen molar-refractivity contribution < 1.29 is 10.1 Å². The highest BCUT2D eigenvalue weighted by Crippen LogP contribution is 2.61. The van der Waals surface area contributed by atoms with Crippen molar-refractivity contribution in [2.75, 3.05) is 0 Å². The zero-order valence-electron chi connectivity index (χ0n) is 16.9. The highest BCUT2D eigenvalue weighted by molar-refractivity contribution is 5.38. The molecule has 1 aromatic carbocycles. The molecule has 4 saturated carbocycles. The summed E-state index contributed by atoms with van der Waals surface area (Å²) >= 11 is 0. The molecule has 0 saturated heterocycles. The topological polar surface area (TPSA) is 98.5 Å². The van der Waals surface area contributed by atoms with E-state index in [1.165, 1.54) is 24.1 Å². The van der Waals surface area contributed by atoms with Crippen molar-refractivity contribution >= 4 is 5.82 Å². The molecule has 154 valence electrons. The van der Waals surface area contributed by atoms with Gasteiger partial charge in [-0.15, -0.1) is 0 Å². The molecule has 4 aliphatic carbocycles. The van der Waals surface area contributed by atoms with E-state index in [9.17, 15) is 15.3 Å². The molecule has 0 amide bonds. The zero-order valence-corrected chi connectivity index (χ0v) is 16.9. The van der Waals surface area contributed by atoms with Crippen LogP contribution in [0.25, 0.3) is 5.69 Å². The van der Waals surface area contributed by atoms with Gasteiger partial charge in [-0.3, -0.25) is 4.99 Å². The van der Waals surface area contributed by atoms with Gasteiger partial charge >= 0.3 is 5.82 Å². The monoisotopic (exact) mass is 397 g/mol. The molecule has 0 aliphatic heterocycles. The summed E-state index contributed by atoms with van der Waals surface area (Å²) in [4.78, 5) is 17.7. The minimum atomic E-state index is -0.563. The Kier molecular flexibility index (Phi) is 4.08. The molecule has 4 aliphatic rings. The van der Waals surface area contributed by atoms with Gasteiger partial charge in [-0.1, -0.05) is 23.0 Å². The first-order valence-electron chi connectivity index (χ1n) is 10.5. The first-order valence-corrected chi connectivity index (χ1v) is 10.5. The molecule has 29 heavy (non-hydrogen) atoms. The summed E-state index contributed by atoms with van der Waals surface area (Å²) in [5.74, 6) is 1.90. The van der Waals surface area contributed by atoms with Crippen molar-refractivity contribution in [3.63, 3.8) is 0 Å².